The van der Waals surface area contributed by atoms with Gasteiger partial charge in [-0.15, -0.1) is 0 Å². The molecule has 0 radical (unpaired) electrons. The normalized spacial score (nSPS) is 33.3. The largest absolute Gasteiger partial charge is 0.320 e. The lowest BCUT2D eigenvalue weighted by Crippen LogP contribution is -2.58. The Bertz CT molecular complexity index is 259. The molecule has 3 unspecified atom stereocenters. The van der Waals surface area contributed by atoms with E-state index in [0.29, 0.717) is 6.04 Å². The molecule has 1 aliphatic carbocycles. The molecule has 1 fully saturated rings. The van der Waals surface area contributed by atoms with Gasteiger partial charge in [0, 0.05) is 17.1 Å². The fourth-order valence-electron chi connectivity index (χ4n) is 3.58. The van der Waals surface area contributed by atoms with Gasteiger partial charge in [-0.2, -0.15) is 0 Å². The van der Waals surface area contributed by atoms with Crippen LogP contribution in [0.15, 0.2) is 0 Å². The van der Waals surface area contributed by atoms with Gasteiger partial charge in [-0.3, -0.25) is 0 Å². The lowest BCUT2D eigenvalue weighted by molar-refractivity contribution is 0.128. The van der Waals surface area contributed by atoms with Crippen LogP contribution in [-0.4, -0.2) is 51.9 Å². The van der Waals surface area contributed by atoms with E-state index >= 15 is 0 Å². The highest BCUT2D eigenvalue weighted by atomic mass is 15.0. The van der Waals surface area contributed by atoms with Crippen LogP contribution in [0, 0.1) is 0 Å². The molecule has 0 aromatic rings. The van der Waals surface area contributed by atoms with E-state index in [2.05, 4.69) is 49.3 Å². The molecule has 3 atom stereocenters. The Labute approximate surface area is 119 Å². The Morgan fingerprint density at radius 1 is 1.05 bits per heavy atom. The summed E-state index contributed by atoms with van der Waals surface area (Å²) in [7, 11) is 8.34. The number of hydrogen-bond acceptors (Lipinski definition) is 4. The topological polar surface area (TPSA) is 48.1 Å². The minimum atomic E-state index is 0.275. The molecule has 0 aromatic heterocycles. The van der Waals surface area contributed by atoms with Crippen molar-refractivity contribution in [3.63, 3.8) is 0 Å². The molecular formula is C15H34N4. The van der Waals surface area contributed by atoms with E-state index in [-0.39, 0.29) is 11.1 Å². The Kier molecular flexibility index (Phi) is 6.74. The van der Waals surface area contributed by atoms with Crippen molar-refractivity contribution < 1.29 is 0 Å². The van der Waals surface area contributed by atoms with Crippen molar-refractivity contribution in [2.24, 2.45) is 0 Å². The highest BCUT2D eigenvalue weighted by Gasteiger charge is 2.41. The van der Waals surface area contributed by atoms with Crippen molar-refractivity contribution in [3.05, 3.63) is 0 Å². The van der Waals surface area contributed by atoms with Crippen LogP contribution in [0.25, 0.3) is 0 Å². The van der Waals surface area contributed by atoms with Gasteiger partial charge in [0.2, 0.25) is 0 Å². The van der Waals surface area contributed by atoms with Crippen molar-refractivity contribution in [2.75, 3.05) is 34.7 Å². The van der Waals surface area contributed by atoms with Gasteiger partial charge in [0.05, 0.1) is 0 Å². The molecule has 0 aromatic carbocycles. The lowest BCUT2D eigenvalue weighted by atomic mass is 9.69. The van der Waals surface area contributed by atoms with Crippen LogP contribution in [0.2, 0.25) is 0 Å². The van der Waals surface area contributed by atoms with Crippen molar-refractivity contribution in [1.29, 1.82) is 0 Å². The Balaban J connectivity index is 2.68. The monoisotopic (exact) mass is 270 g/mol. The van der Waals surface area contributed by atoms with Crippen LogP contribution in [0.4, 0.5) is 0 Å². The van der Waals surface area contributed by atoms with E-state index < -0.39 is 0 Å². The van der Waals surface area contributed by atoms with Crippen LogP contribution < -0.4 is 21.3 Å². The SMILES string of the molecule is CNCCC(CC1(NC)CCCC(C)(NC)C1)NC. The summed E-state index contributed by atoms with van der Waals surface area (Å²) in [5.74, 6) is 0. The fourth-order valence-corrected chi connectivity index (χ4v) is 3.58. The summed E-state index contributed by atoms with van der Waals surface area (Å²) in [6.07, 6.45) is 7.49. The summed E-state index contributed by atoms with van der Waals surface area (Å²) in [5, 5.41) is 13.9. The number of nitrogens with one attached hydrogen (secondary N) is 4. The molecule has 4 heteroatoms. The van der Waals surface area contributed by atoms with Crippen LogP contribution >= 0.6 is 0 Å². The Morgan fingerprint density at radius 3 is 2.32 bits per heavy atom. The quantitative estimate of drug-likeness (QED) is 0.533. The maximum Gasteiger partial charge on any atom is 0.0210 e. The molecule has 0 bridgehead atoms. The van der Waals surface area contributed by atoms with Gasteiger partial charge in [-0.05, 0) is 80.2 Å². The van der Waals surface area contributed by atoms with Crippen molar-refractivity contribution >= 4 is 0 Å². The molecule has 1 saturated carbocycles. The second-order valence-electron chi connectivity index (χ2n) is 6.45. The summed E-state index contributed by atoms with van der Waals surface area (Å²) >= 11 is 0. The maximum absolute atomic E-state index is 3.65. The van der Waals surface area contributed by atoms with E-state index in [0.717, 1.165) is 6.54 Å². The van der Waals surface area contributed by atoms with E-state index in [1.54, 1.807) is 0 Å². The van der Waals surface area contributed by atoms with Crippen LogP contribution in [-0.2, 0) is 0 Å². The first-order chi connectivity index (χ1) is 9.03. The van der Waals surface area contributed by atoms with Crippen molar-refractivity contribution in [1.82, 2.24) is 21.3 Å². The second kappa shape index (κ2) is 7.58. The van der Waals surface area contributed by atoms with Crippen LogP contribution in [0.3, 0.4) is 0 Å². The molecule has 1 rings (SSSR count). The molecule has 1 aliphatic rings. The van der Waals surface area contributed by atoms with Crippen LogP contribution in [0.5, 0.6) is 0 Å². The average molecular weight is 270 g/mol. The minimum absolute atomic E-state index is 0.275. The van der Waals surface area contributed by atoms with E-state index in [4.69, 9.17) is 0 Å². The summed E-state index contributed by atoms with van der Waals surface area (Å²) in [5.41, 5.74) is 0.556. The van der Waals surface area contributed by atoms with Crippen LogP contribution in [0.1, 0.15) is 45.4 Å². The summed E-state index contributed by atoms with van der Waals surface area (Å²) in [4.78, 5) is 0. The molecule has 0 saturated heterocycles. The highest BCUT2D eigenvalue weighted by Crippen LogP contribution is 2.37. The molecule has 4 N–H and O–H groups in total. The van der Waals surface area contributed by atoms with Gasteiger partial charge < -0.3 is 21.3 Å². The van der Waals surface area contributed by atoms with E-state index in [1.807, 2.05) is 7.05 Å². The van der Waals surface area contributed by atoms with Gasteiger partial charge in [0.25, 0.3) is 0 Å². The van der Waals surface area contributed by atoms with E-state index in [1.165, 1.54) is 38.5 Å². The second-order valence-corrected chi connectivity index (χ2v) is 6.45. The minimum Gasteiger partial charge on any atom is -0.320 e. The van der Waals surface area contributed by atoms with Crippen molar-refractivity contribution in [3.8, 4) is 0 Å². The molecule has 0 aliphatic heterocycles. The predicted molar refractivity (Wildman–Crippen MR) is 83.7 cm³/mol. The lowest BCUT2D eigenvalue weighted by Gasteiger charge is -2.48. The molecule has 0 spiro atoms. The van der Waals surface area contributed by atoms with Gasteiger partial charge in [-0.1, -0.05) is 0 Å². The first kappa shape index (κ1) is 16.9. The summed E-state index contributed by atoms with van der Waals surface area (Å²) in [6, 6.07) is 0.583. The zero-order chi connectivity index (χ0) is 14.4. The fraction of sp³-hybridized carbons (Fsp3) is 1.00. The first-order valence-electron chi connectivity index (χ1n) is 7.73. The zero-order valence-electron chi connectivity index (χ0n) is 13.5. The third-order valence-corrected chi connectivity index (χ3v) is 5.03. The standard InChI is InChI=1S/C15H34N4/c1-14(18-4)8-6-9-15(12-14,19-5)11-13(17-3)7-10-16-2/h13,16-19H,6-12H2,1-5H3. The van der Waals surface area contributed by atoms with Gasteiger partial charge in [0.1, 0.15) is 0 Å². The number of rotatable bonds is 8. The Morgan fingerprint density at radius 2 is 1.79 bits per heavy atom. The average Bonchev–Trinajstić information content (AvgIpc) is 2.43. The third kappa shape index (κ3) is 4.71. The van der Waals surface area contributed by atoms with Gasteiger partial charge >= 0.3 is 0 Å². The molecule has 0 amide bonds. The number of hydrogen-bond donors (Lipinski definition) is 4. The third-order valence-electron chi connectivity index (χ3n) is 5.03. The molecule has 19 heavy (non-hydrogen) atoms. The predicted octanol–water partition coefficient (Wildman–Crippen LogP) is 1.08. The van der Waals surface area contributed by atoms with E-state index in [9.17, 15) is 0 Å². The molecule has 0 heterocycles. The van der Waals surface area contributed by atoms with Gasteiger partial charge in [0.15, 0.2) is 0 Å². The first-order valence-corrected chi connectivity index (χ1v) is 7.73. The Hall–Kier alpha value is -0.160. The summed E-state index contributed by atoms with van der Waals surface area (Å²) < 4.78 is 0. The summed E-state index contributed by atoms with van der Waals surface area (Å²) in [6.45, 7) is 3.44. The maximum atomic E-state index is 3.65. The smallest absolute Gasteiger partial charge is 0.0210 e. The van der Waals surface area contributed by atoms with Gasteiger partial charge in [-0.25, -0.2) is 0 Å². The molecule has 4 nitrogen and oxygen atoms in total. The highest BCUT2D eigenvalue weighted by molar-refractivity contribution is 5.02. The van der Waals surface area contributed by atoms with Crippen molar-refractivity contribution in [2.45, 2.75) is 62.6 Å². The zero-order valence-corrected chi connectivity index (χ0v) is 13.5. The molecule has 114 valence electrons. The molecular weight excluding hydrogens is 236 g/mol.